The molecule has 2 atom stereocenters. The summed E-state index contributed by atoms with van der Waals surface area (Å²) in [6.07, 6.45) is 7.49. The summed E-state index contributed by atoms with van der Waals surface area (Å²) in [5.41, 5.74) is 1.44. The average Bonchev–Trinajstić information content (AvgIpc) is 3.33. The lowest BCUT2D eigenvalue weighted by molar-refractivity contribution is -0.385. The zero-order chi connectivity index (χ0) is 66.4. The van der Waals surface area contributed by atoms with Crippen molar-refractivity contribution in [2.24, 2.45) is 43.1 Å². The molecule has 26 heteroatoms. The van der Waals surface area contributed by atoms with Crippen molar-refractivity contribution in [3.8, 4) is 29.7 Å². The third-order valence-electron chi connectivity index (χ3n) is 13.6. The number of aliphatic hydroxyl groups is 4. The summed E-state index contributed by atoms with van der Waals surface area (Å²) in [4.78, 5) is 51.9. The van der Waals surface area contributed by atoms with E-state index in [0.717, 1.165) is 43.9 Å². The number of halogens is 1. The summed E-state index contributed by atoms with van der Waals surface area (Å²) >= 11 is 3.26. The van der Waals surface area contributed by atoms with Gasteiger partial charge in [-0.15, -0.1) is 20.5 Å². The number of anilines is 4. The maximum Gasteiger partial charge on any atom is 0.272 e. The van der Waals surface area contributed by atoms with Crippen molar-refractivity contribution in [2.45, 2.75) is 132 Å². The molecule has 4 rings (SSSR count). The molecule has 0 fully saturated rings. The van der Waals surface area contributed by atoms with Gasteiger partial charge in [-0.2, -0.15) is 15.8 Å². The molecule has 4 aromatic rings. The number of benzene rings is 4. The Balaban J connectivity index is 0.000000465. The molecule has 2 unspecified atom stereocenters. The first-order chi connectivity index (χ1) is 42.2. The molecule has 4 aromatic carbocycles. The van der Waals surface area contributed by atoms with E-state index in [1.165, 1.54) is 20.3 Å². The van der Waals surface area contributed by atoms with Gasteiger partial charge in [0.1, 0.15) is 52.5 Å². The summed E-state index contributed by atoms with van der Waals surface area (Å²) in [6.45, 7) is 19.4. The number of nitrogens with zero attached hydrogens (tertiary/aromatic N) is 11. The van der Waals surface area contributed by atoms with Gasteiger partial charge in [-0.05, 0) is 115 Å². The minimum atomic E-state index is -0.701. The highest BCUT2D eigenvalue weighted by molar-refractivity contribution is 9.10. The van der Waals surface area contributed by atoms with Crippen LogP contribution in [0.1, 0.15) is 149 Å². The van der Waals surface area contributed by atoms with Crippen LogP contribution in [-0.2, 0) is 9.59 Å². The Morgan fingerprint density at radius 3 is 1.19 bits per heavy atom. The molecule has 0 spiro atoms. The number of rotatable bonds is 34. The van der Waals surface area contributed by atoms with Crippen molar-refractivity contribution >= 4 is 84.6 Å². The van der Waals surface area contributed by atoms with Gasteiger partial charge in [-0.3, -0.25) is 29.8 Å². The number of non-ortho nitro benzene ring substituents is 2. The van der Waals surface area contributed by atoms with Gasteiger partial charge in [0.15, 0.2) is 0 Å². The fourth-order valence-corrected chi connectivity index (χ4v) is 10.6. The van der Waals surface area contributed by atoms with Gasteiger partial charge in [-0.1, -0.05) is 55.4 Å². The summed E-state index contributed by atoms with van der Waals surface area (Å²) in [5.74, 6) is 0.668. The molecule has 0 radical (unpaired) electrons. The van der Waals surface area contributed by atoms with Crippen LogP contribution < -0.4 is 29.9 Å². The van der Waals surface area contributed by atoms with E-state index in [-0.39, 0.29) is 117 Å². The van der Waals surface area contributed by atoms with Crippen molar-refractivity contribution in [2.75, 3.05) is 87.3 Å². The van der Waals surface area contributed by atoms with Crippen molar-refractivity contribution in [3.63, 3.8) is 0 Å². The largest absolute Gasteiger partial charge is 0.494 e. The van der Waals surface area contributed by atoms with Crippen molar-refractivity contribution in [1.29, 1.82) is 15.8 Å². The monoisotopic (exact) mass is 1300 g/mol. The van der Waals surface area contributed by atoms with Gasteiger partial charge in [0.25, 0.3) is 11.4 Å². The van der Waals surface area contributed by atoms with Crippen LogP contribution in [-0.4, -0.2) is 109 Å². The number of amides is 2. The number of nitriles is 3. The van der Waals surface area contributed by atoms with Crippen LogP contribution in [0.5, 0.6) is 11.5 Å². The molecule has 0 bridgehead atoms. The first kappa shape index (κ1) is 75.1. The van der Waals surface area contributed by atoms with E-state index >= 15 is 0 Å². The molecular formula is C63H86BrN13O12. The molecule has 0 saturated heterocycles. The second kappa shape index (κ2) is 37.6. The molecule has 0 aliphatic rings. The molecule has 0 aliphatic carbocycles. The van der Waals surface area contributed by atoms with Gasteiger partial charge in [0.2, 0.25) is 11.8 Å². The topological polar surface area (TPSA) is 371 Å². The molecular weight excluding hydrogens is 1210 g/mol. The number of unbranched alkanes of at least 4 members (excludes halogenated alkanes) is 4. The Morgan fingerprint density at radius 1 is 0.562 bits per heavy atom. The first-order valence-electron chi connectivity index (χ1n) is 29.5. The molecule has 0 heterocycles. The molecule has 6 N–H and O–H groups in total. The number of nitrogens with one attached hydrogen (secondary N) is 2. The lowest BCUT2D eigenvalue weighted by Crippen LogP contribution is -2.27. The van der Waals surface area contributed by atoms with Crippen LogP contribution in [0.4, 0.5) is 56.9 Å². The first-order valence-corrected chi connectivity index (χ1v) is 30.3. The second-order valence-corrected chi connectivity index (χ2v) is 24.8. The number of ether oxygens (including phenoxy) is 2. The van der Waals surface area contributed by atoms with E-state index in [4.69, 9.17) is 9.47 Å². The number of carbonyl (C=O) groups excluding carboxylic acids is 2. The predicted octanol–water partition coefficient (Wildman–Crippen LogP) is 13.9. The molecule has 482 valence electrons. The Morgan fingerprint density at radius 2 is 0.888 bits per heavy atom. The fourth-order valence-electron chi connectivity index (χ4n) is 10.0. The third-order valence-corrected chi connectivity index (χ3v) is 14.2. The highest BCUT2D eigenvalue weighted by Crippen LogP contribution is 2.44. The summed E-state index contributed by atoms with van der Waals surface area (Å²) in [7, 11) is 3.01. The number of nitro benzene ring substituents is 2. The number of nitro groups is 2. The van der Waals surface area contributed by atoms with Crippen molar-refractivity contribution in [1.82, 2.24) is 0 Å². The molecule has 0 aromatic heterocycles. The summed E-state index contributed by atoms with van der Waals surface area (Å²) in [5, 5.41) is 112. The SMILES string of the molecule is COc1cc(/N=N/c2c(Br)cc([N+](=O)[O-])cc2C#N)c(NC(=O)CC(C)CC(C)(C)C)cc1N(CCCCO)CCCCO.COc1cc(/N=N/c2c(C#N)cc([N+](=O)[O-])cc2C#N)c(NC(=O)CC(C)CC(C)(C)C)cc1N(CCCCO)CCCCO. The zero-order valence-corrected chi connectivity index (χ0v) is 54.4. The summed E-state index contributed by atoms with van der Waals surface area (Å²) in [6, 6.07) is 16.7. The third kappa shape index (κ3) is 25.4. The fraction of sp³-hybridized carbons (Fsp3) is 0.540. The average molecular weight is 1300 g/mol. The van der Waals surface area contributed by atoms with Crippen LogP contribution in [0.25, 0.3) is 0 Å². The van der Waals surface area contributed by atoms with E-state index in [1.807, 2.05) is 32.1 Å². The molecule has 89 heavy (non-hydrogen) atoms. The molecule has 2 amide bonds. The Bertz CT molecular complexity index is 3160. The van der Waals surface area contributed by atoms with Crippen molar-refractivity contribution < 1.29 is 49.3 Å². The molecule has 25 nitrogen and oxygen atoms in total. The van der Waals surface area contributed by atoms with Crippen LogP contribution in [0.3, 0.4) is 0 Å². The number of carbonyl (C=O) groups is 2. The van der Waals surface area contributed by atoms with E-state index in [1.54, 1.807) is 24.3 Å². The zero-order valence-electron chi connectivity index (χ0n) is 52.8. The lowest BCUT2D eigenvalue weighted by atomic mass is 9.84. The number of hydrogen-bond donors (Lipinski definition) is 6. The maximum absolute atomic E-state index is 13.3. The van der Waals surface area contributed by atoms with Gasteiger partial charge in [0, 0.05) is 102 Å². The standard InChI is InChI=1S/C32H43N7O6.C31H43BrN6O6/c1-22(19-32(2,3)4)14-30(42)35-26-17-28(38(10-6-8-12-40)11-7-9-13-41)29(45-5)18-27(26)36-37-31-23(20-33)15-25(39(43)44)16-24(31)21-34;1-21(19-31(2,3)4)14-29(41)34-25-17-27(37(10-6-8-12-39)11-7-9-13-40)28(44-5)18-26(25)35-36-30-22(20-33)15-23(38(42)43)16-24(30)32/h15-18,22,40-41H,6-14,19H2,1-5H3,(H,35,42);15-18,21,39-40H,6-14,19H2,1-5H3,(H,34,41)/b37-36+;36-35+. The number of hydrogen-bond acceptors (Lipinski definition) is 21. The van der Waals surface area contributed by atoms with Crippen LogP contribution >= 0.6 is 15.9 Å². The van der Waals surface area contributed by atoms with Gasteiger partial charge >= 0.3 is 0 Å². The van der Waals surface area contributed by atoms with E-state index in [2.05, 4.69) is 98.4 Å². The Hall–Kier alpha value is -8.19. The van der Waals surface area contributed by atoms with Crippen LogP contribution in [0, 0.1) is 76.9 Å². The number of methoxy groups -OCH3 is 2. The predicted molar refractivity (Wildman–Crippen MR) is 345 cm³/mol. The molecule has 0 saturated carbocycles. The van der Waals surface area contributed by atoms with Crippen molar-refractivity contribution in [3.05, 3.63) is 89.9 Å². The lowest BCUT2D eigenvalue weighted by Gasteiger charge is -2.28. The van der Waals surface area contributed by atoms with Crippen LogP contribution in [0.15, 0.2) is 73.5 Å². The smallest absolute Gasteiger partial charge is 0.272 e. The van der Waals surface area contributed by atoms with Gasteiger partial charge in [0.05, 0.1) is 68.0 Å². The van der Waals surface area contributed by atoms with Crippen LogP contribution in [0.2, 0.25) is 0 Å². The van der Waals surface area contributed by atoms with Gasteiger partial charge in [-0.25, -0.2) is 0 Å². The Labute approximate surface area is 529 Å². The van der Waals surface area contributed by atoms with E-state index < -0.39 is 15.5 Å². The Kier molecular flexibility index (Phi) is 31.7. The van der Waals surface area contributed by atoms with E-state index in [9.17, 15) is 66.0 Å². The molecule has 0 aliphatic heterocycles. The summed E-state index contributed by atoms with van der Waals surface area (Å²) < 4.78 is 11.7. The number of azo groups is 2. The van der Waals surface area contributed by atoms with E-state index in [0.29, 0.717) is 105 Å². The maximum atomic E-state index is 13.3. The second-order valence-electron chi connectivity index (χ2n) is 24.0. The highest BCUT2D eigenvalue weighted by atomic mass is 79.9. The number of aliphatic hydroxyl groups excluding tert-OH is 4. The minimum Gasteiger partial charge on any atom is -0.494 e. The normalized spacial score (nSPS) is 12.0. The van der Waals surface area contributed by atoms with Gasteiger partial charge < -0.3 is 50.3 Å². The highest BCUT2D eigenvalue weighted by Gasteiger charge is 2.25. The minimum absolute atomic E-state index is 0.0393. The quantitative estimate of drug-likeness (QED) is 0.0109.